The minimum atomic E-state index is 1.08. The number of hydrogen-bond donors (Lipinski definition) is 0. The molecule has 0 heterocycles. The maximum Gasteiger partial charge on any atom is 0.0410 e. The first-order valence-electron chi connectivity index (χ1n) is 5.69. The monoisotopic (exact) mass is 211 g/mol. The molecule has 0 saturated carbocycles. The van der Waals surface area contributed by atoms with Crippen molar-refractivity contribution in [2.24, 2.45) is 0 Å². The minimum absolute atomic E-state index is 1.08. The molecule has 0 spiro atoms. The van der Waals surface area contributed by atoms with Gasteiger partial charge in [-0.2, -0.15) is 0 Å². The van der Waals surface area contributed by atoms with Crippen molar-refractivity contribution in [3.8, 4) is 0 Å². The topological polar surface area (TPSA) is 3.24 Å². The van der Waals surface area contributed by atoms with Crippen molar-refractivity contribution in [3.05, 3.63) is 60.2 Å². The van der Waals surface area contributed by atoms with Crippen LogP contribution in [-0.2, 0) is 6.42 Å². The number of anilines is 2. The minimum Gasteiger partial charge on any atom is -0.345 e. The molecule has 0 atom stereocenters. The molecule has 0 aromatic heterocycles. The normalized spacial score (nSPS) is 10.1. The first-order valence-corrected chi connectivity index (χ1v) is 5.69. The molecule has 0 amide bonds. The number of benzene rings is 2. The zero-order valence-electron chi connectivity index (χ0n) is 9.85. The number of nitrogens with zero attached hydrogens (tertiary/aromatic N) is 1. The Morgan fingerprint density at radius 3 is 2.25 bits per heavy atom. The third-order valence-corrected chi connectivity index (χ3v) is 2.85. The highest BCUT2D eigenvalue weighted by Crippen LogP contribution is 2.23. The first-order chi connectivity index (χ1) is 7.81. The van der Waals surface area contributed by atoms with E-state index in [1.165, 1.54) is 16.9 Å². The van der Waals surface area contributed by atoms with E-state index in [9.17, 15) is 0 Å². The zero-order valence-corrected chi connectivity index (χ0v) is 9.85. The second-order valence-corrected chi connectivity index (χ2v) is 3.92. The van der Waals surface area contributed by atoms with Gasteiger partial charge in [0.15, 0.2) is 0 Å². The van der Waals surface area contributed by atoms with Crippen molar-refractivity contribution in [2.75, 3.05) is 11.9 Å². The van der Waals surface area contributed by atoms with E-state index < -0.39 is 0 Å². The van der Waals surface area contributed by atoms with E-state index in [0.717, 1.165) is 6.42 Å². The van der Waals surface area contributed by atoms with Crippen molar-refractivity contribution in [3.63, 3.8) is 0 Å². The summed E-state index contributed by atoms with van der Waals surface area (Å²) in [6.45, 7) is 2.18. The summed E-state index contributed by atoms with van der Waals surface area (Å²) in [5.41, 5.74) is 3.83. The fraction of sp³-hybridized carbons (Fsp3) is 0.200. The van der Waals surface area contributed by atoms with Crippen molar-refractivity contribution in [2.45, 2.75) is 13.3 Å². The number of aryl methyl sites for hydroxylation is 1. The van der Waals surface area contributed by atoms with Gasteiger partial charge in [-0.05, 0) is 36.2 Å². The lowest BCUT2D eigenvalue weighted by atomic mass is 10.1. The molecule has 1 heteroatoms. The summed E-state index contributed by atoms with van der Waals surface area (Å²) in [5.74, 6) is 0. The summed E-state index contributed by atoms with van der Waals surface area (Å²) in [6.07, 6.45) is 1.08. The maximum absolute atomic E-state index is 2.24. The van der Waals surface area contributed by atoms with Gasteiger partial charge in [0, 0.05) is 18.4 Å². The molecule has 82 valence electrons. The second-order valence-electron chi connectivity index (χ2n) is 3.92. The summed E-state index contributed by atoms with van der Waals surface area (Å²) in [6, 6.07) is 19.1. The van der Waals surface area contributed by atoms with Gasteiger partial charge in [-0.1, -0.05) is 37.3 Å². The van der Waals surface area contributed by atoms with Gasteiger partial charge >= 0.3 is 0 Å². The SMILES string of the molecule is CCc1cccc(N(C)c2ccccc2)c1. The molecule has 0 unspecified atom stereocenters. The van der Waals surface area contributed by atoms with Crippen LogP contribution < -0.4 is 4.90 Å². The Labute approximate surface area is 97.3 Å². The van der Waals surface area contributed by atoms with Crippen LogP contribution in [0.15, 0.2) is 54.6 Å². The quantitative estimate of drug-likeness (QED) is 0.741. The fourth-order valence-corrected chi connectivity index (χ4v) is 1.79. The van der Waals surface area contributed by atoms with Crippen molar-refractivity contribution >= 4 is 11.4 Å². The van der Waals surface area contributed by atoms with E-state index in [0.29, 0.717) is 0 Å². The lowest BCUT2D eigenvalue weighted by Gasteiger charge is -2.20. The molecule has 0 fully saturated rings. The van der Waals surface area contributed by atoms with Gasteiger partial charge in [0.2, 0.25) is 0 Å². The van der Waals surface area contributed by atoms with E-state index in [4.69, 9.17) is 0 Å². The smallest absolute Gasteiger partial charge is 0.0410 e. The third-order valence-electron chi connectivity index (χ3n) is 2.85. The van der Waals surface area contributed by atoms with Gasteiger partial charge in [-0.25, -0.2) is 0 Å². The van der Waals surface area contributed by atoms with Crippen LogP contribution in [0.25, 0.3) is 0 Å². The Balaban J connectivity index is 2.30. The van der Waals surface area contributed by atoms with Crippen LogP contribution in [0, 0.1) is 0 Å². The Morgan fingerprint density at radius 1 is 0.875 bits per heavy atom. The van der Waals surface area contributed by atoms with E-state index in [1.54, 1.807) is 0 Å². The average molecular weight is 211 g/mol. The standard InChI is InChI=1S/C15H17N/c1-3-13-8-7-11-15(12-13)16(2)14-9-5-4-6-10-14/h4-12H,3H2,1-2H3. The maximum atomic E-state index is 2.24. The number of rotatable bonds is 3. The van der Waals surface area contributed by atoms with E-state index >= 15 is 0 Å². The van der Waals surface area contributed by atoms with Crippen LogP contribution >= 0.6 is 0 Å². The van der Waals surface area contributed by atoms with Gasteiger partial charge in [0.25, 0.3) is 0 Å². The van der Waals surface area contributed by atoms with Gasteiger partial charge in [-0.3, -0.25) is 0 Å². The van der Waals surface area contributed by atoms with Crippen molar-refractivity contribution < 1.29 is 0 Å². The lowest BCUT2D eigenvalue weighted by molar-refractivity contribution is 1.12. The molecule has 0 saturated heterocycles. The Morgan fingerprint density at radius 2 is 1.56 bits per heavy atom. The van der Waals surface area contributed by atoms with Crippen LogP contribution in [0.1, 0.15) is 12.5 Å². The fourth-order valence-electron chi connectivity index (χ4n) is 1.79. The molecule has 0 aliphatic rings. The van der Waals surface area contributed by atoms with E-state index in [1.807, 2.05) is 6.07 Å². The summed E-state index contributed by atoms with van der Waals surface area (Å²) in [7, 11) is 2.10. The number of hydrogen-bond acceptors (Lipinski definition) is 1. The molecule has 0 N–H and O–H groups in total. The Hall–Kier alpha value is -1.76. The van der Waals surface area contributed by atoms with Crippen LogP contribution in [0.4, 0.5) is 11.4 Å². The first kappa shape index (κ1) is 10.7. The Bertz CT molecular complexity index is 448. The Kier molecular flexibility index (Phi) is 3.25. The molecule has 2 aromatic carbocycles. The zero-order chi connectivity index (χ0) is 11.4. The van der Waals surface area contributed by atoms with Crippen molar-refractivity contribution in [1.82, 2.24) is 0 Å². The molecule has 0 aliphatic carbocycles. The summed E-state index contributed by atoms with van der Waals surface area (Å²) < 4.78 is 0. The largest absolute Gasteiger partial charge is 0.345 e. The second kappa shape index (κ2) is 4.84. The van der Waals surface area contributed by atoms with Crippen molar-refractivity contribution in [1.29, 1.82) is 0 Å². The summed E-state index contributed by atoms with van der Waals surface area (Å²) in [5, 5.41) is 0. The highest BCUT2D eigenvalue weighted by atomic mass is 15.1. The van der Waals surface area contributed by atoms with Crippen LogP contribution in [0.3, 0.4) is 0 Å². The predicted octanol–water partition coefficient (Wildman–Crippen LogP) is 4.02. The van der Waals surface area contributed by atoms with Crippen LogP contribution in [-0.4, -0.2) is 7.05 Å². The molecule has 0 aliphatic heterocycles. The molecular formula is C15H17N. The van der Waals surface area contributed by atoms with E-state index in [-0.39, 0.29) is 0 Å². The molecular weight excluding hydrogens is 194 g/mol. The molecule has 0 radical (unpaired) electrons. The van der Waals surface area contributed by atoms with Gasteiger partial charge in [0.05, 0.1) is 0 Å². The average Bonchev–Trinajstić information content (AvgIpc) is 2.39. The van der Waals surface area contributed by atoms with Gasteiger partial charge in [0.1, 0.15) is 0 Å². The van der Waals surface area contributed by atoms with Gasteiger partial charge < -0.3 is 4.90 Å². The molecule has 1 nitrogen and oxygen atoms in total. The van der Waals surface area contributed by atoms with E-state index in [2.05, 4.69) is 67.4 Å². The third kappa shape index (κ3) is 2.25. The lowest BCUT2D eigenvalue weighted by Crippen LogP contribution is -2.09. The van der Waals surface area contributed by atoms with Crippen LogP contribution in [0.2, 0.25) is 0 Å². The highest BCUT2D eigenvalue weighted by molar-refractivity contribution is 5.62. The summed E-state index contributed by atoms with van der Waals surface area (Å²) >= 11 is 0. The molecule has 0 bridgehead atoms. The summed E-state index contributed by atoms with van der Waals surface area (Å²) in [4.78, 5) is 2.21. The molecule has 16 heavy (non-hydrogen) atoms. The number of para-hydroxylation sites is 1. The van der Waals surface area contributed by atoms with Gasteiger partial charge in [-0.15, -0.1) is 0 Å². The van der Waals surface area contributed by atoms with Crippen LogP contribution in [0.5, 0.6) is 0 Å². The highest BCUT2D eigenvalue weighted by Gasteiger charge is 2.02. The molecule has 2 aromatic rings. The molecule has 2 rings (SSSR count). The predicted molar refractivity (Wildman–Crippen MR) is 70.3 cm³/mol.